The Kier molecular flexibility index (Phi) is 5.29. The molecule has 1 atom stereocenters. The summed E-state index contributed by atoms with van der Waals surface area (Å²) < 4.78 is 5.67. The van der Waals surface area contributed by atoms with Gasteiger partial charge in [0, 0.05) is 18.9 Å². The van der Waals surface area contributed by atoms with Crippen LogP contribution in [0.5, 0.6) is 5.75 Å². The highest BCUT2D eigenvalue weighted by Gasteiger charge is 2.13. The molecule has 1 aromatic heterocycles. The normalized spacial score (nSPS) is 11.9. The molecule has 0 bridgehead atoms. The summed E-state index contributed by atoms with van der Waals surface area (Å²) in [6, 6.07) is 11.5. The van der Waals surface area contributed by atoms with E-state index in [0.29, 0.717) is 13.0 Å². The number of carbonyl (C=O) groups excluding carboxylic acids is 1. The minimum Gasteiger partial charge on any atom is -0.489 e. The third-order valence-corrected chi connectivity index (χ3v) is 3.22. The molecule has 0 aliphatic heterocycles. The Morgan fingerprint density at radius 1 is 1.19 bits per heavy atom. The van der Waals surface area contributed by atoms with Crippen molar-refractivity contribution >= 4 is 5.91 Å². The summed E-state index contributed by atoms with van der Waals surface area (Å²) in [6.07, 6.45) is 3.92. The zero-order valence-electron chi connectivity index (χ0n) is 11.7. The van der Waals surface area contributed by atoms with E-state index in [1.165, 1.54) is 0 Å². The molecule has 4 N–H and O–H groups in total. The molecule has 0 unspecified atom stereocenters. The summed E-state index contributed by atoms with van der Waals surface area (Å²) in [5.74, 6) is 0.0738. The smallest absolute Gasteiger partial charge is 0.222 e. The molecule has 0 aliphatic rings. The Bertz CT molecular complexity index is 587. The number of aromatic nitrogens is 1. The maximum atomic E-state index is 11.2. The molecule has 1 heterocycles. The summed E-state index contributed by atoms with van der Waals surface area (Å²) >= 11 is 0. The minimum absolute atomic E-state index is 0.257. The molecule has 0 fully saturated rings. The molecule has 110 valence electrons. The number of hydrogen-bond donors (Lipinski definition) is 2. The van der Waals surface area contributed by atoms with E-state index in [0.717, 1.165) is 16.9 Å². The second-order valence-corrected chi connectivity index (χ2v) is 4.83. The van der Waals surface area contributed by atoms with Gasteiger partial charge in [0.2, 0.25) is 5.91 Å². The van der Waals surface area contributed by atoms with Gasteiger partial charge < -0.3 is 16.2 Å². The first-order chi connectivity index (χ1) is 10.2. The zero-order valence-corrected chi connectivity index (χ0v) is 11.7. The van der Waals surface area contributed by atoms with Crippen LogP contribution in [0.3, 0.4) is 0 Å². The van der Waals surface area contributed by atoms with Gasteiger partial charge in [-0.15, -0.1) is 0 Å². The number of primary amides is 1. The number of ether oxygens (including phenoxy) is 1. The fraction of sp³-hybridized carbons (Fsp3) is 0.250. The van der Waals surface area contributed by atoms with Gasteiger partial charge in [-0.25, -0.2) is 0 Å². The molecule has 2 rings (SSSR count). The van der Waals surface area contributed by atoms with Crippen molar-refractivity contribution in [3.63, 3.8) is 0 Å². The van der Waals surface area contributed by atoms with Crippen LogP contribution in [0.25, 0.3) is 0 Å². The molecule has 1 aromatic carbocycles. The van der Waals surface area contributed by atoms with E-state index in [2.05, 4.69) is 4.98 Å². The van der Waals surface area contributed by atoms with Gasteiger partial charge >= 0.3 is 0 Å². The minimum atomic E-state index is -0.365. The van der Waals surface area contributed by atoms with Crippen LogP contribution in [0.15, 0.2) is 48.8 Å². The molecule has 5 nitrogen and oxygen atoms in total. The Morgan fingerprint density at radius 3 is 2.57 bits per heavy atom. The van der Waals surface area contributed by atoms with Crippen LogP contribution in [0.4, 0.5) is 0 Å². The number of pyridine rings is 1. The Hall–Kier alpha value is -2.40. The highest BCUT2D eigenvalue weighted by atomic mass is 16.5. The van der Waals surface area contributed by atoms with E-state index in [9.17, 15) is 4.79 Å². The average molecular weight is 285 g/mol. The van der Waals surface area contributed by atoms with Crippen LogP contribution in [0, 0.1) is 5.92 Å². The quantitative estimate of drug-likeness (QED) is 0.801. The number of rotatable bonds is 7. The fourth-order valence-electron chi connectivity index (χ4n) is 2.03. The highest BCUT2D eigenvalue weighted by Crippen LogP contribution is 2.14. The number of benzene rings is 1. The lowest BCUT2D eigenvalue weighted by atomic mass is 9.97. The second kappa shape index (κ2) is 7.40. The molecule has 1 amide bonds. The van der Waals surface area contributed by atoms with Gasteiger partial charge in [-0.05, 0) is 29.7 Å². The SMILES string of the molecule is NC[C@H](Cc1cccc(COc2ccncc2)c1)C(N)=O. The van der Waals surface area contributed by atoms with E-state index >= 15 is 0 Å². The van der Waals surface area contributed by atoms with Crippen molar-refractivity contribution in [1.29, 1.82) is 0 Å². The topological polar surface area (TPSA) is 91.2 Å². The van der Waals surface area contributed by atoms with Crippen LogP contribution >= 0.6 is 0 Å². The van der Waals surface area contributed by atoms with Gasteiger partial charge in [-0.1, -0.05) is 24.3 Å². The third-order valence-electron chi connectivity index (χ3n) is 3.22. The van der Waals surface area contributed by atoms with Crippen molar-refractivity contribution in [2.75, 3.05) is 6.54 Å². The average Bonchev–Trinajstić information content (AvgIpc) is 2.52. The van der Waals surface area contributed by atoms with Gasteiger partial charge in [-0.2, -0.15) is 0 Å². The largest absolute Gasteiger partial charge is 0.489 e. The van der Waals surface area contributed by atoms with E-state index < -0.39 is 0 Å². The standard InChI is InChI=1S/C16H19N3O2/c17-10-14(16(18)20)9-12-2-1-3-13(8-12)11-21-15-4-6-19-7-5-15/h1-8,14H,9-11,17H2,(H2,18,20)/t14-/m0/s1. The van der Waals surface area contributed by atoms with Crippen LogP contribution in [-0.2, 0) is 17.8 Å². The number of nitrogens with zero attached hydrogens (tertiary/aromatic N) is 1. The third kappa shape index (κ3) is 4.57. The summed E-state index contributed by atoms with van der Waals surface area (Å²) in [4.78, 5) is 15.2. The van der Waals surface area contributed by atoms with Gasteiger partial charge in [-0.3, -0.25) is 9.78 Å². The van der Waals surface area contributed by atoms with Crippen molar-refractivity contribution in [3.8, 4) is 5.75 Å². The Labute approximate surface area is 123 Å². The van der Waals surface area contributed by atoms with Crippen molar-refractivity contribution in [2.45, 2.75) is 13.0 Å². The molecule has 5 heteroatoms. The Morgan fingerprint density at radius 2 is 1.90 bits per heavy atom. The van der Waals surface area contributed by atoms with Gasteiger partial charge in [0.15, 0.2) is 0 Å². The summed E-state index contributed by atoms with van der Waals surface area (Å²) in [7, 11) is 0. The summed E-state index contributed by atoms with van der Waals surface area (Å²) in [6.45, 7) is 0.717. The first kappa shape index (κ1) is 15.0. The zero-order chi connectivity index (χ0) is 15.1. The maximum absolute atomic E-state index is 11.2. The molecule has 0 aliphatic carbocycles. The van der Waals surface area contributed by atoms with Crippen LogP contribution in [-0.4, -0.2) is 17.4 Å². The molecule has 2 aromatic rings. The van der Waals surface area contributed by atoms with Gasteiger partial charge in [0.25, 0.3) is 0 Å². The predicted molar refractivity (Wildman–Crippen MR) is 80.5 cm³/mol. The molecule has 0 radical (unpaired) electrons. The highest BCUT2D eigenvalue weighted by molar-refractivity contribution is 5.77. The van der Waals surface area contributed by atoms with E-state index in [1.807, 2.05) is 24.3 Å². The lowest BCUT2D eigenvalue weighted by Gasteiger charge is -2.12. The number of nitrogens with two attached hydrogens (primary N) is 2. The molecule has 0 saturated carbocycles. The molecule has 21 heavy (non-hydrogen) atoms. The lowest BCUT2D eigenvalue weighted by Crippen LogP contribution is -2.31. The molecular weight excluding hydrogens is 266 g/mol. The van der Waals surface area contributed by atoms with E-state index in [1.54, 1.807) is 24.5 Å². The maximum Gasteiger partial charge on any atom is 0.222 e. The monoisotopic (exact) mass is 285 g/mol. The van der Waals surface area contributed by atoms with E-state index in [-0.39, 0.29) is 18.4 Å². The van der Waals surface area contributed by atoms with Crippen molar-refractivity contribution in [1.82, 2.24) is 4.98 Å². The van der Waals surface area contributed by atoms with Crippen molar-refractivity contribution < 1.29 is 9.53 Å². The predicted octanol–water partition coefficient (Wildman–Crippen LogP) is 1.26. The lowest BCUT2D eigenvalue weighted by molar-refractivity contribution is -0.121. The molecule has 0 spiro atoms. The van der Waals surface area contributed by atoms with Crippen molar-refractivity contribution in [2.24, 2.45) is 17.4 Å². The molecular formula is C16H19N3O2. The van der Waals surface area contributed by atoms with Crippen LogP contribution < -0.4 is 16.2 Å². The number of amides is 1. The number of hydrogen-bond acceptors (Lipinski definition) is 4. The number of carbonyl (C=O) groups is 1. The molecule has 0 saturated heterocycles. The van der Waals surface area contributed by atoms with Crippen molar-refractivity contribution in [3.05, 3.63) is 59.9 Å². The Balaban J connectivity index is 1.99. The first-order valence-electron chi connectivity index (χ1n) is 6.79. The summed E-state index contributed by atoms with van der Waals surface area (Å²) in [5.41, 5.74) is 12.9. The van der Waals surface area contributed by atoms with Crippen LogP contribution in [0.1, 0.15) is 11.1 Å². The van der Waals surface area contributed by atoms with Gasteiger partial charge in [0.05, 0.1) is 5.92 Å². The van der Waals surface area contributed by atoms with E-state index in [4.69, 9.17) is 16.2 Å². The second-order valence-electron chi connectivity index (χ2n) is 4.83. The van der Waals surface area contributed by atoms with Crippen LogP contribution in [0.2, 0.25) is 0 Å². The van der Waals surface area contributed by atoms with Gasteiger partial charge in [0.1, 0.15) is 12.4 Å². The summed E-state index contributed by atoms with van der Waals surface area (Å²) in [5, 5.41) is 0. The fourth-order valence-corrected chi connectivity index (χ4v) is 2.03. The first-order valence-corrected chi connectivity index (χ1v) is 6.79.